The normalized spacial score (nSPS) is 12.8. The molecule has 0 saturated heterocycles. The second kappa shape index (κ2) is 9.74. The first-order chi connectivity index (χ1) is 17.2. The molecular weight excluding hydrogens is 508 g/mol. The van der Waals surface area contributed by atoms with Gasteiger partial charge in [0.2, 0.25) is 0 Å². The minimum atomic E-state index is -4.62. The molecule has 0 spiro atoms. The average Bonchev–Trinajstić information content (AvgIpc) is 2.82. The van der Waals surface area contributed by atoms with Crippen molar-refractivity contribution in [2.45, 2.75) is 69.1 Å². The molecular formula is C29H32O6S2. The minimum absolute atomic E-state index is 0.0240. The number of rotatable bonds is 7. The lowest BCUT2D eigenvalue weighted by Crippen LogP contribution is -2.17. The summed E-state index contributed by atoms with van der Waals surface area (Å²) in [5.74, 6) is 0.0735. The average molecular weight is 541 g/mol. The lowest BCUT2D eigenvalue weighted by molar-refractivity contribution is 0.485. The Labute approximate surface area is 219 Å². The van der Waals surface area contributed by atoms with Crippen LogP contribution in [-0.4, -0.2) is 21.4 Å². The molecule has 4 aromatic rings. The molecule has 0 unspecified atom stereocenters. The van der Waals surface area contributed by atoms with Crippen LogP contribution in [0.2, 0.25) is 0 Å². The van der Waals surface area contributed by atoms with Crippen molar-refractivity contribution in [3.05, 3.63) is 77.4 Å². The van der Waals surface area contributed by atoms with Gasteiger partial charge in [0.1, 0.15) is 9.79 Å². The molecule has 8 heteroatoms. The summed E-state index contributed by atoms with van der Waals surface area (Å²) in [4.78, 5) is -0.135. The van der Waals surface area contributed by atoms with Crippen LogP contribution in [0.1, 0.15) is 76.0 Å². The highest BCUT2D eigenvalue weighted by Crippen LogP contribution is 2.43. The Balaban J connectivity index is 2.08. The third kappa shape index (κ3) is 4.98. The highest BCUT2D eigenvalue weighted by Gasteiger charge is 2.31. The van der Waals surface area contributed by atoms with Gasteiger partial charge in [-0.2, -0.15) is 16.8 Å². The Morgan fingerprint density at radius 1 is 0.622 bits per heavy atom. The van der Waals surface area contributed by atoms with Gasteiger partial charge in [-0.15, -0.1) is 0 Å². The zero-order valence-corrected chi connectivity index (χ0v) is 23.4. The SMILES string of the molecule is CC(C)c1cc(C(C)C)c(S(=O)(=O)Oc2c3ccccc3c(S(=O)(=O)O)c3ccccc23)c(C(C)C)c1. The molecule has 0 amide bonds. The van der Waals surface area contributed by atoms with E-state index in [0.717, 1.165) is 5.56 Å². The molecule has 1 N–H and O–H groups in total. The van der Waals surface area contributed by atoms with Crippen molar-refractivity contribution in [3.8, 4) is 5.75 Å². The third-order valence-electron chi connectivity index (χ3n) is 6.61. The van der Waals surface area contributed by atoms with Crippen LogP contribution in [0.4, 0.5) is 0 Å². The molecule has 0 aliphatic carbocycles. The van der Waals surface area contributed by atoms with E-state index in [4.69, 9.17) is 4.18 Å². The first-order valence-electron chi connectivity index (χ1n) is 12.3. The minimum Gasteiger partial charge on any atom is -0.378 e. The molecule has 0 bridgehead atoms. The topological polar surface area (TPSA) is 97.7 Å². The predicted molar refractivity (Wildman–Crippen MR) is 148 cm³/mol. The van der Waals surface area contributed by atoms with Gasteiger partial charge in [0, 0.05) is 21.5 Å². The summed E-state index contributed by atoms with van der Waals surface area (Å²) in [7, 11) is -8.97. The Morgan fingerprint density at radius 2 is 1.03 bits per heavy atom. The molecule has 196 valence electrons. The molecule has 0 heterocycles. The molecule has 37 heavy (non-hydrogen) atoms. The van der Waals surface area contributed by atoms with Crippen LogP contribution in [0.3, 0.4) is 0 Å². The summed E-state index contributed by atoms with van der Waals surface area (Å²) < 4.78 is 69.1. The van der Waals surface area contributed by atoms with E-state index in [2.05, 4.69) is 13.8 Å². The summed E-state index contributed by atoms with van der Waals surface area (Å²) in [6.45, 7) is 12.0. The maximum absolute atomic E-state index is 14.1. The smallest absolute Gasteiger partial charge is 0.339 e. The lowest BCUT2D eigenvalue weighted by Gasteiger charge is -2.23. The van der Waals surface area contributed by atoms with E-state index in [1.165, 1.54) is 12.1 Å². The Hall–Kier alpha value is -2.94. The van der Waals surface area contributed by atoms with Crippen molar-refractivity contribution in [1.29, 1.82) is 0 Å². The van der Waals surface area contributed by atoms with Crippen molar-refractivity contribution in [1.82, 2.24) is 0 Å². The molecule has 0 aromatic heterocycles. The van der Waals surface area contributed by atoms with Gasteiger partial charge in [-0.3, -0.25) is 4.55 Å². The van der Waals surface area contributed by atoms with Crippen molar-refractivity contribution in [2.75, 3.05) is 0 Å². The van der Waals surface area contributed by atoms with E-state index in [-0.39, 0.29) is 54.8 Å². The van der Waals surface area contributed by atoms with Gasteiger partial charge >= 0.3 is 10.1 Å². The van der Waals surface area contributed by atoms with Crippen molar-refractivity contribution >= 4 is 41.8 Å². The van der Waals surface area contributed by atoms with Crippen molar-refractivity contribution in [3.63, 3.8) is 0 Å². The summed E-state index contributed by atoms with van der Waals surface area (Å²) >= 11 is 0. The summed E-state index contributed by atoms with van der Waals surface area (Å²) in [5, 5.41) is 0.899. The van der Waals surface area contributed by atoms with Crippen LogP contribution in [0.25, 0.3) is 21.5 Å². The standard InChI is InChI=1S/C29H32O6S2/c1-17(2)20-15-25(18(3)4)29(26(16-20)19(5)6)37(33,34)35-27-21-11-7-9-13-23(21)28(36(30,31)32)24-14-10-8-12-22(24)27/h7-19H,1-6H3,(H,30,31,32). The molecule has 4 rings (SSSR count). The van der Waals surface area contributed by atoms with Gasteiger partial charge in [-0.1, -0.05) is 102 Å². The highest BCUT2D eigenvalue weighted by molar-refractivity contribution is 7.87. The van der Waals surface area contributed by atoms with Crippen LogP contribution in [0, 0.1) is 0 Å². The van der Waals surface area contributed by atoms with Crippen molar-refractivity contribution in [2.24, 2.45) is 0 Å². The van der Waals surface area contributed by atoms with Gasteiger partial charge in [-0.05, 0) is 34.4 Å². The monoisotopic (exact) mass is 540 g/mol. The van der Waals surface area contributed by atoms with E-state index in [9.17, 15) is 21.4 Å². The lowest BCUT2D eigenvalue weighted by atomic mass is 9.89. The van der Waals surface area contributed by atoms with Crippen LogP contribution in [0.5, 0.6) is 5.75 Å². The van der Waals surface area contributed by atoms with E-state index in [1.54, 1.807) is 36.4 Å². The second-order valence-corrected chi connectivity index (χ2v) is 13.1. The van der Waals surface area contributed by atoms with Crippen LogP contribution in [0.15, 0.2) is 70.5 Å². The van der Waals surface area contributed by atoms with Crippen molar-refractivity contribution < 1.29 is 25.6 Å². The molecule has 0 aliphatic heterocycles. The fourth-order valence-electron chi connectivity index (χ4n) is 4.75. The van der Waals surface area contributed by atoms with Gasteiger partial charge in [0.15, 0.2) is 5.75 Å². The summed E-state index contributed by atoms with van der Waals surface area (Å²) in [6.07, 6.45) is 0. The van der Waals surface area contributed by atoms with Gasteiger partial charge < -0.3 is 4.18 Å². The zero-order chi connectivity index (χ0) is 27.3. The van der Waals surface area contributed by atoms with E-state index in [1.807, 2.05) is 39.8 Å². The van der Waals surface area contributed by atoms with E-state index in [0.29, 0.717) is 11.1 Å². The largest absolute Gasteiger partial charge is 0.378 e. The molecule has 0 saturated carbocycles. The maximum atomic E-state index is 14.1. The Morgan fingerprint density at radius 3 is 1.38 bits per heavy atom. The first-order valence-corrected chi connectivity index (χ1v) is 15.1. The number of benzene rings is 4. The van der Waals surface area contributed by atoms with Gasteiger partial charge in [0.05, 0.1) is 0 Å². The molecule has 0 aliphatic rings. The van der Waals surface area contributed by atoms with Crippen LogP contribution < -0.4 is 4.18 Å². The molecule has 0 fully saturated rings. The molecule has 4 aromatic carbocycles. The second-order valence-electron chi connectivity index (χ2n) is 10.3. The summed E-state index contributed by atoms with van der Waals surface area (Å²) in [6, 6.07) is 16.7. The fraction of sp³-hybridized carbons (Fsp3) is 0.310. The molecule has 0 atom stereocenters. The summed E-state index contributed by atoms with van der Waals surface area (Å²) in [5.41, 5.74) is 2.41. The van der Waals surface area contributed by atoms with E-state index >= 15 is 0 Å². The fourth-order valence-corrected chi connectivity index (χ4v) is 7.31. The zero-order valence-electron chi connectivity index (χ0n) is 21.8. The Kier molecular flexibility index (Phi) is 7.14. The number of hydrogen-bond donors (Lipinski definition) is 1. The number of fused-ring (bicyclic) bond motifs is 2. The Bertz CT molecular complexity index is 1630. The highest BCUT2D eigenvalue weighted by atomic mass is 32.2. The van der Waals surface area contributed by atoms with Crippen LogP contribution in [-0.2, 0) is 20.2 Å². The van der Waals surface area contributed by atoms with Gasteiger partial charge in [0.25, 0.3) is 10.1 Å². The van der Waals surface area contributed by atoms with Gasteiger partial charge in [-0.25, -0.2) is 0 Å². The quantitative estimate of drug-likeness (QED) is 0.149. The third-order valence-corrected chi connectivity index (χ3v) is 8.93. The predicted octanol–water partition coefficient (Wildman–Crippen LogP) is 7.38. The molecule has 6 nitrogen and oxygen atoms in total. The maximum Gasteiger partial charge on any atom is 0.339 e. The molecule has 0 radical (unpaired) electrons. The van der Waals surface area contributed by atoms with E-state index < -0.39 is 20.2 Å². The number of hydrogen-bond acceptors (Lipinski definition) is 5. The van der Waals surface area contributed by atoms with Crippen LogP contribution >= 0.6 is 0 Å². The first kappa shape index (κ1) is 27.1.